The number of carbonyl (C=O) groups is 1. The third-order valence-corrected chi connectivity index (χ3v) is 2.44. The van der Waals surface area contributed by atoms with E-state index in [-0.39, 0.29) is 6.10 Å². The molecule has 1 saturated heterocycles. The van der Waals surface area contributed by atoms with Crippen molar-refractivity contribution in [2.24, 2.45) is 0 Å². The monoisotopic (exact) mass is 201 g/mol. The summed E-state index contributed by atoms with van der Waals surface area (Å²) in [5.41, 5.74) is 0. The van der Waals surface area contributed by atoms with Crippen molar-refractivity contribution >= 4 is 6.16 Å². The van der Waals surface area contributed by atoms with E-state index in [9.17, 15) is 4.79 Å². The van der Waals surface area contributed by atoms with Crippen LogP contribution in [-0.4, -0.2) is 30.4 Å². The molecule has 0 N–H and O–H groups in total. The lowest BCUT2D eigenvalue weighted by molar-refractivity contribution is -0.121. The van der Waals surface area contributed by atoms with Gasteiger partial charge in [-0.05, 0) is 25.7 Å². The van der Waals surface area contributed by atoms with E-state index in [2.05, 4.69) is 0 Å². The quantitative estimate of drug-likeness (QED) is 0.654. The largest absolute Gasteiger partial charge is 0.528 e. The highest BCUT2D eigenvalue weighted by molar-refractivity contribution is 5.59. The Morgan fingerprint density at radius 1 is 1.29 bits per heavy atom. The average molecular weight is 201 g/mol. The number of hydrogen-bond donors (Lipinski definition) is 0. The van der Waals surface area contributed by atoms with Gasteiger partial charge in [-0.1, -0.05) is 13.8 Å². The first-order valence-electron chi connectivity index (χ1n) is 5.39. The van der Waals surface area contributed by atoms with Crippen LogP contribution in [0.15, 0.2) is 0 Å². The normalized spacial score (nSPS) is 17.4. The van der Waals surface area contributed by atoms with E-state index >= 15 is 0 Å². The van der Waals surface area contributed by atoms with Crippen LogP contribution in [0, 0.1) is 0 Å². The van der Waals surface area contributed by atoms with Crippen LogP contribution in [0.25, 0.3) is 0 Å². The zero-order valence-electron chi connectivity index (χ0n) is 8.99. The molecule has 0 radical (unpaired) electrons. The first-order valence-corrected chi connectivity index (χ1v) is 5.39. The second kappa shape index (κ2) is 5.86. The standard InChI is InChI=1S/C10H19NO3/c1-3-9(4-2)13-10(12)14-11-7-5-6-8-11/h9H,3-8H2,1-2H3. The highest BCUT2D eigenvalue weighted by Gasteiger charge is 2.19. The molecule has 1 heterocycles. The number of hydrogen-bond acceptors (Lipinski definition) is 4. The molecule has 1 fully saturated rings. The van der Waals surface area contributed by atoms with Gasteiger partial charge in [0.05, 0.1) is 0 Å². The fraction of sp³-hybridized carbons (Fsp3) is 0.900. The Bertz CT molecular complexity index is 168. The average Bonchev–Trinajstić information content (AvgIpc) is 2.66. The maximum Gasteiger partial charge on any atom is 0.528 e. The molecule has 1 aliphatic rings. The van der Waals surface area contributed by atoms with Crippen molar-refractivity contribution in [3.63, 3.8) is 0 Å². The van der Waals surface area contributed by atoms with Gasteiger partial charge < -0.3 is 9.57 Å². The Balaban J connectivity index is 2.20. The lowest BCUT2D eigenvalue weighted by Gasteiger charge is -2.17. The lowest BCUT2D eigenvalue weighted by Crippen LogP contribution is -2.27. The Labute approximate surface area is 85.1 Å². The van der Waals surface area contributed by atoms with Gasteiger partial charge in [0.1, 0.15) is 6.10 Å². The van der Waals surface area contributed by atoms with Gasteiger partial charge in [0.25, 0.3) is 0 Å². The minimum absolute atomic E-state index is 0.00916. The van der Waals surface area contributed by atoms with Gasteiger partial charge in [-0.3, -0.25) is 0 Å². The van der Waals surface area contributed by atoms with Crippen molar-refractivity contribution in [3.05, 3.63) is 0 Å². The minimum atomic E-state index is -0.555. The highest BCUT2D eigenvalue weighted by atomic mass is 16.8. The van der Waals surface area contributed by atoms with Gasteiger partial charge in [0.2, 0.25) is 0 Å². The maximum absolute atomic E-state index is 11.2. The third-order valence-electron chi connectivity index (χ3n) is 2.44. The molecule has 0 bridgehead atoms. The van der Waals surface area contributed by atoms with Gasteiger partial charge in [-0.15, -0.1) is 5.06 Å². The van der Waals surface area contributed by atoms with Gasteiger partial charge in [0.15, 0.2) is 0 Å². The summed E-state index contributed by atoms with van der Waals surface area (Å²) in [5, 5.41) is 1.67. The van der Waals surface area contributed by atoms with E-state index in [0.29, 0.717) is 0 Å². The molecule has 82 valence electrons. The number of ether oxygens (including phenoxy) is 1. The number of carbonyl (C=O) groups excluding carboxylic acids is 1. The fourth-order valence-corrected chi connectivity index (χ4v) is 1.50. The van der Waals surface area contributed by atoms with Crippen LogP contribution in [-0.2, 0) is 9.57 Å². The molecule has 1 rings (SSSR count). The van der Waals surface area contributed by atoms with Crippen molar-refractivity contribution in [3.8, 4) is 0 Å². The summed E-state index contributed by atoms with van der Waals surface area (Å²) >= 11 is 0. The van der Waals surface area contributed by atoms with Crippen LogP contribution < -0.4 is 0 Å². The predicted molar refractivity (Wildman–Crippen MR) is 52.7 cm³/mol. The molecular formula is C10H19NO3. The molecule has 0 aromatic carbocycles. The summed E-state index contributed by atoms with van der Waals surface area (Å²) in [6.45, 7) is 5.66. The molecule has 0 spiro atoms. The molecule has 0 aliphatic carbocycles. The molecule has 1 aliphatic heterocycles. The second-order valence-electron chi connectivity index (χ2n) is 3.53. The topological polar surface area (TPSA) is 38.8 Å². The molecular weight excluding hydrogens is 182 g/mol. The van der Waals surface area contributed by atoms with Crippen LogP contribution in [0.5, 0.6) is 0 Å². The molecule has 4 nitrogen and oxygen atoms in total. The number of nitrogens with zero attached hydrogens (tertiary/aromatic N) is 1. The zero-order chi connectivity index (χ0) is 10.4. The van der Waals surface area contributed by atoms with Crippen molar-refractivity contribution in [2.75, 3.05) is 13.1 Å². The molecule has 0 aromatic heterocycles. The van der Waals surface area contributed by atoms with E-state index in [0.717, 1.165) is 38.8 Å². The van der Waals surface area contributed by atoms with Crippen LogP contribution in [0.2, 0.25) is 0 Å². The molecule has 0 unspecified atom stereocenters. The van der Waals surface area contributed by atoms with E-state index in [1.807, 2.05) is 13.8 Å². The van der Waals surface area contributed by atoms with Crippen molar-refractivity contribution < 1.29 is 14.4 Å². The van der Waals surface area contributed by atoms with Crippen molar-refractivity contribution in [2.45, 2.75) is 45.6 Å². The maximum atomic E-state index is 11.2. The Morgan fingerprint density at radius 2 is 1.86 bits per heavy atom. The smallest absolute Gasteiger partial charge is 0.430 e. The number of rotatable bonds is 4. The zero-order valence-corrected chi connectivity index (χ0v) is 8.99. The summed E-state index contributed by atoms with van der Waals surface area (Å²) in [6.07, 6.45) is 3.30. The van der Waals surface area contributed by atoms with Gasteiger partial charge >= 0.3 is 6.16 Å². The van der Waals surface area contributed by atoms with E-state index in [1.165, 1.54) is 0 Å². The first-order chi connectivity index (χ1) is 6.76. The highest BCUT2D eigenvalue weighted by Crippen LogP contribution is 2.10. The van der Waals surface area contributed by atoms with Crippen molar-refractivity contribution in [1.29, 1.82) is 0 Å². The predicted octanol–water partition coefficient (Wildman–Crippen LogP) is 2.34. The third kappa shape index (κ3) is 3.54. The summed E-state index contributed by atoms with van der Waals surface area (Å²) in [7, 11) is 0. The van der Waals surface area contributed by atoms with Gasteiger partial charge in [-0.25, -0.2) is 4.79 Å². The van der Waals surface area contributed by atoms with Crippen molar-refractivity contribution in [1.82, 2.24) is 5.06 Å². The summed E-state index contributed by atoms with van der Waals surface area (Å²) in [4.78, 5) is 16.3. The van der Waals surface area contributed by atoms with E-state index in [1.54, 1.807) is 5.06 Å². The van der Waals surface area contributed by atoms with Crippen LogP contribution >= 0.6 is 0 Å². The first kappa shape index (κ1) is 11.3. The fourth-order valence-electron chi connectivity index (χ4n) is 1.50. The molecule has 0 aromatic rings. The summed E-state index contributed by atoms with van der Waals surface area (Å²) in [5.74, 6) is 0. The second-order valence-corrected chi connectivity index (χ2v) is 3.53. The number of hydroxylamine groups is 2. The molecule has 4 heteroatoms. The lowest BCUT2D eigenvalue weighted by atomic mass is 10.2. The molecule has 0 amide bonds. The molecule has 14 heavy (non-hydrogen) atoms. The van der Waals surface area contributed by atoms with Crippen LogP contribution in [0.3, 0.4) is 0 Å². The Morgan fingerprint density at radius 3 is 2.36 bits per heavy atom. The SMILES string of the molecule is CCC(CC)OC(=O)ON1CCCC1. The Kier molecular flexibility index (Phi) is 4.73. The summed E-state index contributed by atoms with van der Waals surface area (Å²) in [6, 6.07) is 0. The van der Waals surface area contributed by atoms with Gasteiger partial charge in [-0.2, -0.15) is 0 Å². The van der Waals surface area contributed by atoms with Gasteiger partial charge in [0, 0.05) is 13.1 Å². The Hall–Kier alpha value is -0.770. The van der Waals surface area contributed by atoms with Crippen LogP contribution in [0.1, 0.15) is 39.5 Å². The molecule has 0 saturated carbocycles. The molecule has 0 atom stereocenters. The minimum Gasteiger partial charge on any atom is -0.430 e. The van der Waals surface area contributed by atoms with Crippen LogP contribution in [0.4, 0.5) is 4.79 Å². The van der Waals surface area contributed by atoms with E-state index < -0.39 is 6.16 Å². The van der Waals surface area contributed by atoms with E-state index in [4.69, 9.17) is 9.57 Å². The summed E-state index contributed by atoms with van der Waals surface area (Å²) < 4.78 is 5.11.